The number of hydrogen-bond acceptors (Lipinski definition) is 5. The third-order valence-corrected chi connectivity index (χ3v) is 1.86. The van der Waals surface area contributed by atoms with Crippen LogP contribution in [-0.2, 0) is 28.1 Å². The molecule has 0 aromatic heterocycles. The minimum Gasteiger partial charge on any atom is -0.394 e. The Morgan fingerprint density at radius 3 is 1.24 bits per heavy atom. The first kappa shape index (κ1) is 32.4. The van der Waals surface area contributed by atoms with E-state index in [1.807, 2.05) is 44.4 Å². The number of aliphatic hydroxyl groups excluding tert-OH is 4. The summed E-state index contributed by atoms with van der Waals surface area (Å²) in [4.78, 5) is 1.80. The van der Waals surface area contributed by atoms with E-state index in [-0.39, 0.29) is 46.3 Å². The first-order chi connectivity index (χ1) is 10.9. The quantitative estimate of drug-likeness (QED) is 0.468. The molecule has 25 heavy (non-hydrogen) atoms. The summed E-state index contributed by atoms with van der Waals surface area (Å²) in [5.41, 5.74) is 1.17. The smallest absolute Gasteiger partial charge is 0.110 e. The monoisotopic (exact) mass is 393 g/mol. The normalized spacial score (nSPS) is 10.7. The molecule has 1 aromatic rings. The van der Waals surface area contributed by atoms with Crippen molar-refractivity contribution in [2.75, 3.05) is 14.1 Å². The van der Waals surface area contributed by atoms with Gasteiger partial charge in [0.05, 0.1) is 0 Å². The van der Waals surface area contributed by atoms with Crippen LogP contribution in [0, 0.1) is 0 Å². The van der Waals surface area contributed by atoms with Gasteiger partial charge in [0.1, 0.15) is 6.23 Å². The zero-order valence-corrected chi connectivity index (χ0v) is 18.7. The Balaban J connectivity index is -0.000000142. The summed E-state index contributed by atoms with van der Waals surface area (Å²) in [6.45, 7) is 10.3. The summed E-state index contributed by atoms with van der Waals surface area (Å²) in [7, 11) is 3.74. The topological polar surface area (TPSA) is 84.2 Å². The second-order valence-electron chi connectivity index (χ2n) is 6.42. The van der Waals surface area contributed by atoms with E-state index in [0.29, 0.717) is 6.42 Å². The molecule has 1 unspecified atom stereocenters. The second-order valence-corrected chi connectivity index (χ2v) is 6.42. The average Bonchev–Trinajstić information content (AvgIpc) is 2.37. The summed E-state index contributed by atoms with van der Waals surface area (Å²) in [6, 6.07) is 9.99. The Kier molecular flexibility index (Phi) is 28.2. The van der Waals surface area contributed by atoms with Crippen molar-refractivity contribution in [3.63, 3.8) is 0 Å². The number of rotatable bonds is 3. The van der Waals surface area contributed by atoms with E-state index in [1.165, 1.54) is 5.56 Å². The molecule has 1 rings (SSSR count). The second kappa shape index (κ2) is 21.8. The third kappa shape index (κ3) is 45.3. The fourth-order valence-electron chi connectivity index (χ4n) is 1.01. The van der Waals surface area contributed by atoms with E-state index in [1.54, 1.807) is 46.4 Å². The van der Waals surface area contributed by atoms with Gasteiger partial charge >= 0.3 is 0 Å². The molecule has 0 spiro atoms. The van der Waals surface area contributed by atoms with Crippen LogP contribution in [0.5, 0.6) is 0 Å². The molecule has 0 bridgehead atoms. The van der Waals surface area contributed by atoms with Crippen molar-refractivity contribution in [1.82, 2.24) is 4.90 Å². The molecule has 0 aliphatic rings. The minimum atomic E-state index is -0.382. The van der Waals surface area contributed by atoms with Crippen LogP contribution in [0.25, 0.3) is 0 Å². The molecule has 0 aliphatic carbocycles. The molecule has 4 N–H and O–H groups in total. The summed E-state index contributed by atoms with van der Waals surface area (Å²) in [5.74, 6) is 0. The van der Waals surface area contributed by atoms with Gasteiger partial charge in [0.25, 0.3) is 0 Å². The Bertz CT molecular complexity index is 324. The standard InChI is InChI=1S/C10H15NO.3C3H8O.Ti/c1-11(2)10(12)8-9-6-4-3-5-7-9;3*1-3(2)4;/h3-7,10,12H,8H2,1-2H3;3*3-4H,1-2H3;. The van der Waals surface area contributed by atoms with Gasteiger partial charge in [-0.15, -0.1) is 0 Å². The van der Waals surface area contributed by atoms with Crippen molar-refractivity contribution in [1.29, 1.82) is 0 Å². The molecular weight excluding hydrogens is 354 g/mol. The molecule has 6 heteroatoms. The van der Waals surface area contributed by atoms with E-state index in [2.05, 4.69) is 0 Å². The molecule has 0 heterocycles. The van der Waals surface area contributed by atoms with Crippen molar-refractivity contribution < 1.29 is 42.1 Å². The molecule has 0 aliphatic heterocycles. The zero-order chi connectivity index (χ0) is 19.7. The number of likely N-dealkylation sites (N-methyl/N-ethyl adjacent to an activating group) is 1. The molecule has 0 amide bonds. The summed E-state index contributed by atoms with van der Waals surface area (Å²) < 4.78 is 0. The molecule has 1 aromatic carbocycles. The maximum Gasteiger partial charge on any atom is 0.110 e. The summed E-state index contributed by atoms with van der Waals surface area (Å²) in [5, 5.41) is 33.7. The predicted molar refractivity (Wildman–Crippen MR) is 102 cm³/mol. The molecule has 1 atom stereocenters. The number of nitrogens with zero attached hydrogens (tertiary/aromatic N) is 1. The van der Waals surface area contributed by atoms with Crippen LogP contribution in [0.1, 0.15) is 47.1 Å². The molecule has 5 nitrogen and oxygen atoms in total. The van der Waals surface area contributed by atoms with E-state index in [0.717, 1.165) is 0 Å². The SMILES string of the molecule is CC(C)O.CC(C)O.CC(C)O.CN(C)C(O)Cc1ccccc1.[Ti]. The maximum absolute atomic E-state index is 9.51. The molecule has 0 saturated heterocycles. The summed E-state index contributed by atoms with van der Waals surface area (Å²) in [6.07, 6.45) is -0.194. The van der Waals surface area contributed by atoms with Gasteiger partial charge in [0, 0.05) is 46.5 Å². The van der Waals surface area contributed by atoms with E-state index < -0.39 is 0 Å². The van der Waals surface area contributed by atoms with Gasteiger partial charge in [0.15, 0.2) is 0 Å². The van der Waals surface area contributed by atoms with Gasteiger partial charge in [-0.1, -0.05) is 30.3 Å². The Labute approximate surface area is 169 Å². The van der Waals surface area contributed by atoms with Crippen LogP contribution in [0.4, 0.5) is 0 Å². The minimum absolute atomic E-state index is 0. The van der Waals surface area contributed by atoms with Crippen molar-refractivity contribution in [2.45, 2.75) is 72.5 Å². The number of benzene rings is 1. The van der Waals surface area contributed by atoms with Gasteiger partial charge < -0.3 is 20.4 Å². The molecular formula is C19H39NO4Ti. The Hall–Kier alpha value is -0.266. The van der Waals surface area contributed by atoms with Crippen LogP contribution < -0.4 is 0 Å². The molecule has 148 valence electrons. The van der Waals surface area contributed by atoms with Crippen LogP contribution in [0.3, 0.4) is 0 Å². The third-order valence-electron chi connectivity index (χ3n) is 1.86. The Morgan fingerprint density at radius 1 is 0.720 bits per heavy atom. The molecule has 0 radical (unpaired) electrons. The van der Waals surface area contributed by atoms with Crippen molar-refractivity contribution in [3.8, 4) is 0 Å². The van der Waals surface area contributed by atoms with E-state index >= 15 is 0 Å². The van der Waals surface area contributed by atoms with Gasteiger partial charge in [-0.05, 0) is 61.2 Å². The average molecular weight is 393 g/mol. The first-order valence-electron chi connectivity index (χ1n) is 8.32. The maximum atomic E-state index is 9.51. The largest absolute Gasteiger partial charge is 0.394 e. The Morgan fingerprint density at radius 2 is 1.00 bits per heavy atom. The van der Waals surface area contributed by atoms with Crippen LogP contribution in [0.2, 0.25) is 0 Å². The number of hydrogen-bond donors (Lipinski definition) is 4. The fourth-order valence-corrected chi connectivity index (χ4v) is 1.01. The van der Waals surface area contributed by atoms with Gasteiger partial charge in [0.2, 0.25) is 0 Å². The molecule has 0 fully saturated rings. The first-order valence-corrected chi connectivity index (χ1v) is 8.32. The van der Waals surface area contributed by atoms with Crippen LogP contribution >= 0.6 is 0 Å². The number of aliphatic hydroxyl groups is 4. The van der Waals surface area contributed by atoms with Crippen molar-refractivity contribution >= 4 is 0 Å². The van der Waals surface area contributed by atoms with Crippen LogP contribution in [0.15, 0.2) is 30.3 Å². The van der Waals surface area contributed by atoms with Crippen molar-refractivity contribution in [3.05, 3.63) is 35.9 Å². The van der Waals surface area contributed by atoms with E-state index in [9.17, 15) is 5.11 Å². The predicted octanol–water partition coefficient (Wildman–Crippen LogP) is 2.27. The zero-order valence-electron chi connectivity index (χ0n) is 17.1. The fraction of sp³-hybridized carbons (Fsp3) is 0.684. The van der Waals surface area contributed by atoms with Gasteiger partial charge in [-0.25, -0.2) is 0 Å². The summed E-state index contributed by atoms with van der Waals surface area (Å²) >= 11 is 0. The van der Waals surface area contributed by atoms with Gasteiger partial charge in [-0.2, -0.15) is 0 Å². The van der Waals surface area contributed by atoms with E-state index in [4.69, 9.17) is 15.3 Å². The van der Waals surface area contributed by atoms with Crippen molar-refractivity contribution in [2.24, 2.45) is 0 Å². The van der Waals surface area contributed by atoms with Gasteiger partial charge in [-0.3, -0.25) is 4.90 Å². The molecule has 0 saturated carbocycles. The van der Waals surface area contributed by atoms with Crippen LogP contribution in [-0.4, -0.2) is 64.0 Å².